The number of aromatic nitrogens is 6. The number of nitrogens with zero attached hydrogens (tertiary/aromatic N) is 13. The Balaban J connectivity index is 0.000000170. The van der Waals surface area contributed by atoms with E-state index in [0.29, 0.717) is 116 Å². The van der Waals surface area contributed by atoms with Crippen molar-refractivity contribution in [3.8, 4) is 0 Å². The molecule has 6 saturated heterocycles. The number of cyclic esters (lactones) is 1. The number of anilines is 11. The van der Waals surface area contributed by atoms with Crippen LogP contribution < -0.4 is 47.4 Å². The summed E-state index contributed by atoms with van der Waals surface area (Å²) >= 11 is 0. The van der Waals surface area contributed by atoms with E-state index in [-0.39, 0.29) is 72.8 Å². The summed E-state index contributed by atoms with van der Waals surface area (Å²) in [6.07, 6.45) is -2.20. The van der Waals surface area contributed by atoms with Crippen molar-refractivity contribution < 1.29 is 68.1 Å². The van der Waals surface area contributed by atoms with Crippen LogP contribution in [-0.4, -0.2) is 236 Å². The Morgan fingerprint density at radius 1 is 0.496 bits per heavy atom. The van der Waals surface area contributed by atoms with Gasteiger partial charge in [-0.05, 0) is 182 Å². The Labute approximate surface area is 666 Å². The first-order valence-electron chi connectivity index (χ1n) is 40.0. The minimum absolute atomic E-state index is 0.000530. The van der Waals surface area contributed by atoms with Crippen molar-refractivity contribution in [2.75, 3.05) is 193 Å². The van der Waals surface area contributed by atoms with Crippen LogP contribution in [-0.2, 0) is 55.2 Å². The highest BCUT2D eigenvalue weighted by atomic mass is 19.4. The summed E-state index contributed by atoms with van der Waals surface area (Å²) in [5.41, 5.74) is 11.9. The molecule has 3 amide bonds. The van der Waals surface area contributed by atoms with Gasteiger partial charge in [0.1, 0.15) is 39.7 Å². The monoisotopic (exact) mass is 1620 g/mol. The molecule has 1 aliphatic carbocycles. The molecule has 1 saturated carbocycles. The zero-order valence-corrected chi connectivity index (χ0v) is 66.4. The van der Waals surface area contributed by atoms with Crippen LogP contribution in [0.4, 0.5) is 108 Å². The third kappa shape index (κ3) is 24.9. The highest BCUT2D eigenvalue weighted by molar-refractivity contribution is 5.77. The average Bonchev–Trinajstić information content (AvgIpc) is 1.72. The number of carbonyl (C=O) groups is 3. The Kier molecular flexibility index (Phi) is 29.8. The molecule has 1 atom stereocenters. The minimum atomic E-state index is -4.61. The predicted octanol–water partition coefficient (Wildman–Crippen LogP) is 13.3. The molecule has 7 fully saturated rings. The molecule has 1 unspecified atom stereocenters. The fraction of sp³-hybridized carbons (Fsp3) is 0.588. The lowest BCUT2D eigenvalue weighted by Crippen LogP contribution is -2.47. The van der Waals surface area contributed by atoms with Crippen LogP contribution in [0.5, 0.6) is 0 Å². The van der Waals surface area contributed by atoms with E-state index in [1.54, 1.807) is 14.7 Å². The Hall–Kier alpha value is -9.32. The van der Waals surface area contributed by atoms with Crippen molar-refractivity contribution in [2.45, 2.75) is 153 Å². The zero-order chi connectivity index (χ0) is 82.0. The van der Waals surface area contributed by atoms with Gasteiger partial charge in [0.15, 0.2) is 0 Å². The van der Waals surface area contributed by atoms with Crippen LogP contribution in [0.1, 0.15) is 149 Å². The second-order valence-electron chi connectivity index (χ2n) is 30.8. The molecule has 3 aromatic heterocycles. The maximum atomic E-state index is 13.7. The standard InChI is InChI=1S/C28H38F3N7O2.C27H37F3N6O2.C25H34F3N7O2/c1-27(2)9-12-38(26(39)40-27)11-4-10-32-24-22(28(29,30)31)18-33-25(35-24)34-23-8-7-20(17-21(23)19-5-6-19)37-15-13-36(3)14-16-37;1-3-19-17-21(20-7-12-35(2)13-8-20)5-6-23(19)33-26-32-18-22(27(28,29)30)25(34-26)31-10-4-11-36-14-16-38-15-9-24(36)37;1-2-17-14-19(35-10-6-18(29)16-35)4-5-21(17)32-24-31-15-20(25(26,27)28)23(33-24)30-8-3-9-34-11-13-37-12-7-22(34)36/h7-8,17-19H,4-6,9-16H2,1-3H3,(H2,32,33,34,35);5-6,17-18,20H,3-4,7-16H2,1-2H3,(H2,31,32,33,34);4-5,14-15,18H,2-3,6-13,16,29H2,1H3,(H2,30,31,32,33). The van der Waals surface area contributed by atoms with Gasteiger partial charge in [-0.1, -0.05) is 26.0 Å². The molecule has 6 aliphatic heterocycles. The Bertz CT molecular complexity index is 4220. The third-order valence-electron chi connectivity index (χ3n) is 21.6. The van der Waals surface area contributed by atoms with Crippen molar-refractivity contribution in [1.82, 2.24) is 54.4 Å². The van der Waals surface area contributed by atoms with Gasteiger partial charge < -0.3 is 86.1 Å². The molecule has 628 valence electrons. The number of piperidine rings is 1. The predicted molar refractivity (Wildman–Crippen MR) is 425 cm³/mol. The molecular formula is C80H109F9N20O6. The third-order valence-corrected chi connectivity index (χ3v) is 21.6. The first-order valence-corrected chi connectivity index (χ1v) is 40.0. The lowest BCUT2D eigenvalue weighted by molar-refractivity contribution is -0.138. The van der Waals surface area contributed by atoms with Gasteiger partial charge in [0.05, 0.1) is 39.3 Å². The number of halogens is 9. The maximum Gasteiger partial charge on any atom is 0.421 e. The van der Waals surface area contributed by atoms with Crippen LogP contribution in [0.2, 0.25) is 0 Å². The van der Waals surface area contributed by atoms with Crippen LogP contribution in [0, 0.1) is 0 Å². The molecule has 6 aromatic rings. The van der Waals surface area contributed by atoms with E-state index in [0.717, 1.165) is 161 Å². The number of likely N-dealkylation sites (N-methyl/N-ethyl adjacent to an activating group) is 1. The molecule has 13 rings (SSSR count). The molecule has 35 heteroatoms. The number of nitrogens with two attached hydrogens (primary N) is 1. The Morgan fingerprint density at radius 2 is 0.948 bits per heavy atom. The molecule has 115 heavy (non-hydrogen) atoms. The van der Waals surface area contributed by atoms with Gasteiger partial charge in [-0.25, -0.2) is 19.7 Å². The number of piperazine rings is 1. The number of benzene rings is 3. The summed E-state index contributed by atoms with van der Waals surface area (Å²) < 4.78 is 139. The molecule has 9 heterocycles. The van der Waals surface area contributed by atoms with Gasteiger partial charge in [-0.3, -0.25) is 9.59 Å². The number of rotatable bonds is 27. The topological polar surface area (TPSA) is 277 Å². The van der Waals surface area contributed by atoms with Gasteiger partial charge >= 0.3 is 24.6 Å². The van der Waals surface area contributed by atoms with Crippen LogP contribution in [0.25, 0.3) is 0 Å². The first-order chi connectivity index (χ1) is 55.0. The summed E-state index contributed by atoms with van der Waals surface area (Å²) in [6.45, 7) is 20.7. The highest BCUT2D eigenvalue weighted by Crippen LogP contribution is 2.46. The summed E-state index contributed by atoms with van der Waals surface area (Å²) in [7, 11) is 4.26. The smallest absolute Gasteiger partial charge is 0.421 e. The fourth-order valence-electron chi connectivity index (χ4n) is 14.6. The maximum absolute atomic E-state index is 13.7. The average molecular weight is 1620 g/mol. The number of hydrogen-bond acceptors (Lipinski definition) is 23. The number of nitrogens with one attached hydrogen (secondary N) is 6. The van der Waals surface area contributed by atoms with Crippen molar-refractivity contribution in [2.24, 2.45) is 5.73 Å². The van der Waals surface area contributed by atoms with E-state index in [4.69, 9.17) is 19.9 Å². The van der Waals surface area contributed by atoms with Gasteiger partial charge in [0, 0.05) is 158 Å². The molecule has 0 spiro atoms. The number of aryl methyl sites for hydroxylation is 2. The molecule has 0 bridgehead atoms. The van der Waals surface area contributed by atoms with E-state index in [9.17, 15) is 53.9 Å². The number of hydrogen-bond donors (Lipinski definition) is 7. The van der Waals surface area contributed by atoms with E-state index in [1.807, 2.05) is 45.0 Å². The molecule has 7 aliphatic rings. The summed E-state index contributed by atoms with van der Waals surface area (Å²) in [5.74, 6) is 0.351. The fourth-order valence-corrected chi connectivity index (χ4v) is 14.6. The number of ether oxygens (including phenoxy) is 3. The quantitative estimate of drug-likeness (QED) is 0.0186. The van der Waals surface area contributed by atoms with E-state index >= 15 is 0 Å². The van der Waals surface area contributed by atoms with Gasteiger partial charge in [-0.2, -0.15) is 54.5 Å². The minimum Gasteiger partial charge on any atom is -0.443 e. The highest BCUT2D eigenvalue weighted by Gasteiger charge is 2.39. The van der Waals surface area contributed by atoms with E-state index in [2.05, 4.69) is 133 Å². The number of carbonyl (C=O) groups excluding carboxylic acids is 3. The van der Waals surface area contributed by atoms with Gasteiger partial charge in [0.2, 0.25) is 29.7 Å². The second kappa shape index (κ2) is 39.5. The molecule has 0 radical (unpaired) electrons. The normalized spacial score (nSPS) is 18.9. The molecule has 3 aromatic carbocycles. The molecular weight excluding hydrogens is 1510 g/mol. The summed E-state index contributed by atoms with van der Waals surface area (Å²) in [4.78, 5) is 75.0. The van der Waals surface area contributed by atoms with E-state index < -0.39 is 46.9 Å². The zero-order valence-electron chi connectivity index (χ0n) is 66.4. The van der Waals surface area contributed by atoms with Crippen LogP contribution in [0.3, 0.4) is 0 Å². The van der Waals surface area contributed by atoms with Gasteiger partial charge in [0.25, 0.3) is 0 Å². The summed E-state index contributed by atoms with van der Waals surface area (Å²) in [6, 6.07) is 18.6. The van der Waals surface area contributed by atoms with Crippen molar-refractivity contribution in [3.05, 3.63) is 112 Å². The van der Waals surface area contributed by atoms with Crippen molar-refractivity contribution in [3.63, 3.8) is 0 Å². The SMILES string of the molecule is CCc1cc(C2CCN(C)CC2)ccc1Nc1ncc(C(F)(F)F)c(NCCCN2CCOCCC2=O)n1.CCc1cc(N2CCC(N)C2)ccc1Nc1ncc(C(F)(F)F)c(NCCCN2CCOCCC2=O)n1.CN1CCN(c2ccc(Nc3ncc(C(F)(F)F)c(NCCCN4CCC(C)(C)OC4=O)n3)c(C3CC3)c2)CC1. The second-order valence-corrected chi connectivity index (χ2v) is 30.8. The molecule has 26 nitrogen and oxygen atoms in total. The number of likely N-dealkylation sites (tertiary alicyclic amines) is 1. The van der Waals surface area contributed by atoms with Gasteiger partial charge in [-0.15, -0.1) is 0 Å². The molecule has 8 N–H and O–H groups in total. The van der Waals surface area contributed by atoms with E-state index in [1.165, 1.54) is 5.56 Å². The first kappa shape index (κ1) is 86.5. The van der Waals surface area contributed by atoms with Crippen LogP contribution in [0.15, 0.2) is 73.2 Å². The van der Waals surface area contributed by atoms with Crippen molar-refractivity contribution >= 4 is 81.6 Å². The summed E-state index contributed by atoms with van der Waals surface area (Å²) in [5, 5.41) is 17.8. The largest absolute Gasteiger partial charge is 0.443 e. The Morgan fingerprint density at radius 3 is 1.41 bits per heavy atom. The number of amides is 3. The van der Waals surface area contributed by atoms with Crippen LogP contribution >= 0.6 is 0 Å². The lowest BCUT2D eigenvalue weighted by atomic mass is 9.88. The number of alkyl halides is 9. The van der Waals surface area contributed by atoms with Crippen molar-refractivity contribution in [1.29, 1.82) is 0 Å². The lowest BCUT2D eigenvalue weighted by Gasteiger charge is -2.36.